The highest BCUT2D eigenvalue weighted by Crippen LogP contribution is 2.18. The molecule has 0 aliphatic carbocycles. The first kappa shape index (κ1) is 8.94. The van der Waals surface area contributed by atoms with Crippen molar-refractivity contribution in [2.24, 2.45) is 0 Å². The van der Waals surface area contributed by atoms with Gasteiger partial charge in [-0.3, -0.25) is 9.78 Å². The molecule has 0 radical (unpaired) electrons. The van der Waals surface area contributed by atoms with Crippen LogP contribution in [0.3, 0.4) is 0 Å². The van der Waals surface area contributed by atoms with Gasteiger partial charge in [0, 0.05) is 24.5 Å². The number of carbonyl (C=O) groups excluding carboxylic acids is 1. The number of hydrogen-bond donors (Lipinski definition) is 1. The molecule has 0 atom stereocenters. The topological polar surface area (TPSA) is 42.0 Å². The highest BCUT2D eigenvalue weighted by Gasteiger charge is 2.10. The standard InChI is InChI=1S/C11H12N2O/c1-8-2-3-10(7-13-8)9-4-5-12-11(14)6-9/h2-3,6-7H,4-5H2,1H3,(H,12,14). The Morgan fingerprint density at radius 3 is 2.93 bits per heavy atom. The van der Waals surface area contributed by atoms with E-state index in [9.17, 15) is 4.79 Å². The summed E-state index contributed by atoms with van der Waals surface area (Å²) < 4.78 is 0. The molecular weight excluding hydrogens is 176 g/mol. The number of nitrogens with zero attached hydrogens (tertiary/aromatic N) is 1. The summed E-state index contributed by atoms with van der Waals surface area (Å²) >= 11 is 0. The average molecular weight is 188 g/mol. The molecule has 1 N–H and O–H groups in total. The Kier molecular flexibility index (Phi) is 2.31. The average Bonchev–Trinajstić information content (AvgIpc) is 2.19. The van der Waals surface area contributed by atoms with Gasteiger partial charge in [0.25, 0.3) is 0 Å². The second kappa shape index (κ2) is 3.62. The summed E-state index contributed by atoms with van der Waals surface area (Å²) in [6, 6.07) is 3.97. The highest BCUT2D eigenvalue weighted by molar-refractivity contribution is 5.96. The lowest BCUT2D eigenvalue weighted by atomic mass is 10.0. The molecule has 1 aromatic heterocycles. The number of rotatable bonds is 1. The Hall–Kier alpha value is -1.64. The van der Waals surface area contributed by atoms with E-state index in [4.69, 9.17) is 0 Å². The van der Waals surface area contributed by atoms with Crippen LogP contribution < -0.4 is 5.32 Å². The molecule has 0 unspecified atom stereocenters. The van der Waals surface area contributed by atoms with Crippen LogP contribution in [0.25, 0.3) is 5.57 Å². The van der Waals surface area contributed by atoms with Crippen molar-refractivity contribution in [2.75, 3.05) is 6.54 Å². The van der Waals surface area contributed by atoms with E-state index in [2.05, 4.69) is 10.3 Å². The SMILES string of the molecule is Cc1ccc(C2=CC(=O)NCC2)cn1. The van der Waals surface area contributed by atoms with Crippen LogP contribution in [0.5, 0.6) is 0 Å². The fourth-order valence-corrected chi connectivity index (χ4v) is 1.49. The summed E-state index contributed by atoms with van der Waals surface area (Å²) in [5.41, 5.74) is 3.11. The van der Waals surface area contributed by atoms with Gasteiger partial charge in [-0.25, -0.2) is 0 Å². The van der Waals surface area contributed by atoms with Gasteiger partial charge in [-0.15, -0.1) is 0 Å². The van der Waals surface area contributed by atoms with E-state index in [1.54, 1.807) is 6.08 Å². The summed E-state index contributed by atoms with van der Waals surface area (Å²) in [6.07, 6.45) is 4.35. The first-order chi connectivity index (χ1) is 6.75. The van der Waals surface area contributed by atoms with Crippen molar-refractivity contribution in [1.29, 1.82) is 0 Å². The maximum Gasteiger partial charge on any atom is 0.244 e. The van der Waals surface area contributed by atoms with E-state index in [0.717, 1.165) is 29.8 Å². The fraction of sp³-hybridized carbons (Fsp3) is 0.273. The molecule has 1 amide bonds. The molecule has 14 heavy (non-hydrogen) atoms. The zero-order valence-corrected chi connectivity index (χ0v) is 8.08. The van der Waals surface area contributed by atoms with Crippen LogP contribution in [0.2, 0.25) is 0 Å². The zero-order chi connectivity index (χ0) is 9.97. The molecule has 3 nitrogen and oxygen atoms in total. The Morgan fingerprint density at radius 2 is 2.29 bits per heavy atom. The van der Waals surface area contributed by atoms with E-state index in [0.29, 0.717) is 0 Å². The third-order valence-electron chi connectivity index (χ3n) is 2.28. The molecule has 0 aromatic carbocycles. The van der Waals surface area contributed by atoms with Gasteiger partial charge in [-0.05, 0) is 30.5 Å². The summed E-state index contributed by atoms with van der Waals surface area (Å²) in [6.45, 7) is 2.67. The van der Waals surface area contributed by atoms with Gasteiger partial charge in [-0.1, -0.05) is 6.07 Å². The van der Waals surface area contributed by atoms with Gasteiger partial charge in [0.1, 0.15) is 0 Å². The minimum absolute atomic E-state index is 0.00757. The number of aryl methyl sites for hydroxylation is 1. The normalized spacial score (nSPS) is 16.1. The summed E-state index contributed by atoms with van der Waals surface area (Å²) in [4.78, 5) is 15.3. The third kappa shape index (κ3) is 1.82. The lowest BCUT2D eigenvalue weighted by molar-refractivity contribution is -0.116. The van der Waals surface area contributed by atoms with Crippen LogP contribution in [0.15, 0.2) is 24.4 Å². The van der Waals surface area contributed by atoms with Crippen LogP contribution in [-0.2, 0) is 4.79 Å². The Morgan fingerprint density at radius 1 is 1.43 bits per heavy atom. The molecule has 2 rings (SSSR count). The molecular formula is C11H12N2O. The Bertz CT molecular complexity index is 379. The molecule has 0 saturated heterocycles. The van der Waals surface area contributed by atoms with Gasteiger partial charge in [-0.2, -0.15) is 0 Å². The number of amides is 1. The van der Waals surface area contributed by atoms with E-state index in [1.165, 1.54) is 0 Å². The van der Waals surface area contributed by atoms with Crippen molar-refractivity contribution in [3.05, 3.63) is 35.7 Å². The summed E-state index contributed by atoms with van der Waals surface area (Å²) in [5.74, 6) is -0.00757. The van der Waals surface area contributed by atoms with Crippen LogP contribution in [0.1, 0.15) is 17.7 Å². The highest BCUT2D eigenvalue weighted by atomic mass is 16.1. The quantitative estimate of drug-likeness (QED) is 0.721. The number of pyridine rings is 1. The van der Waals surface area contributed by atoms with Crippen molar-refractivity contribution in [3.63, 3.8) is 0 Å². The number of nitrogens with one attached hydrogen (secondary N) is 1. The molecule has 2 heterocycles. The van der Waals surface area contributed by atoms with Gasteiger partial charge >= 0.3 is 0 Å². The molecule has 1 aromatic rings. The van der Waals surface area contributed by atoms with Crippen LogP contribution in [0.4, 0.5) is 0 Å². The minimum Gasteiger partial charge on any atom is -0.352 e. The van der Waals surface area contributed by atoms with Crippen molar-refractivity contribution in [3.8, 4) is 0 Å². The molecule has 0 fully saturated rings. The Labute approximate surface area is 82.9 Å². The maximum atomic E-state index is 11.1. The summed E-state index contributed by atoms with van der Waals surface area (Å²) in [7, 11) is 0. The monoisotopic (exact) mass is 188 g/mol. The summed E-state index contributed by atoms with van der Waals surface area (Å²) in [5, 5.41) is 2.76. The van der Waals surface area contributed by atoms with Gasteiger partial charge in [0.2, 0.25) is 5.91 Å². The predicted octanol–water partition coefficient (Wildman–Crippen LogP) is 1.29. The van der Waals surface area contributed by atoms with Crippen molar-refractivity contribution < 1.29 is 4.79 Å². The first-order valence-electron chi connectivity index (χ1n) is 4.67. The van der Waals surface area contributed by atoms with Gasteiger partial charge < -0.3 is 5.32 Å². The molecule has 1 aliphatic heterocycles. The van der Waals surface area contributed by atoms with Crippen molar-refractivity contribution in [1.82, 2.24) is 10.3 Å². The predicted molar refractivity (Wildman–Crippen MR) is 54.6 cm³/mol. The van der Waals surface area contributed by atoms with Crippen LogP contribution in [0, 0.1) is 6.92 Å². The molecule has 0 bridgehead atoms. The van der Waals surface area contributed by atoms with E-state index < -0.39 is 0 Å². The van der Waals surface area contributed by atoms with Crippen LogP contribution >= 0.6 is 0 Å². The number of hydrogen-bond acceptors (Lipinski definition) is 2. The van der Waals surface area contributed by atoms with E-state index in [1.807, 2.05) is 25.3 Å². The largest absolute Gasteiger partial charge is 0.352 e. The smallest absolute Gasteiger partial charge is 0.244 e. The van der Waals surface area contributed by atoms with Crippen LogP contribution in [-0.4, -0.2) is 17.4 Å². The first-order valence-corrected chi connectivity index (χ1v) is 4.67. The maximum absolute atomic E-state index is 11.1. The number of aromatic nitrogens is 1. The van der Waals surface area contributed by atoms with Crippen molar-refractivity contribution >= 4 is 11.5 Å². The third-order valence-corrected chi connectivity index (χ3v) is 2.28. The van der Waals surface area contributed by atoms with E-state index >= 15 is 0 Å². The van der Waals surface area contributed by atoms with Crippen molar-refractivity contribution in [2.45, 2.75) is 13.3 Å². The fourth-order valence-electron chi connectivity index (χ4n) is 1.49. The number of carbonyl (C=O) groups is 1. The lowest BCUT2D eigenvalue weighted by Crippen LogP contribution is -2.26. The van der Waals surface area contributed by atoms with E-state index in [-0.39, 0.29) is 5.91 Å². The Balaban J connectivity index is 2.30. The minimum atomic E-state index is -0.00757. The molecule has 72 valence electrons. The molecule has 0 saturated carbocycles. The second-order valence-corrected chi connectivity index (χ2v) is 3.40. The van der Waals surface area contributed by atoms with Gasteiger partial charge in [0.05, 0.1) is 0 Å². The molecule has 1 aliphatic rings. The van der Waals surface area contributed by atoms with Gasteiger partial charge in [0.15, 0.2) is 0 Å². The molecule has 3 heteroatoms. The second-order valence-electron chi connectivity index (χ2n) is 3.40. The molecule has 0 spiro atoms. The zero-order valence-electron chi connectivity index (χ0n) is 8.08. The lowest BCUT2D eigenvalue weighted by Gasteiger charge is -2.13.